The normalized spacial score (nSPS) is 10.2. The quantitative estimate of drug-likeness (QED) is 0.562. The van der Waals surface area contributed by atoms with Gasteiger partial charge in [-0.2, -0.15) is 0 Å². The van der Waals surface area contributed by atoms with Crippen LogP contribution in [-0.2, 0) is 20.7 Å². The summed E-state index contributed by atoms with van der Waals surface area (Å²) in [5, 5.41) is 2.83. The van der Waals surface area contributed by atoms with E-state index in [-0.39, 0.29) is 11.9 Å². The van der Waals surface area contributed by atoms with Gasteiger partial charge in [0.1, 0.15) is 0 Å². The highest BCUT2D eigenvalue weighted by molar-refractivity contribution is 5.76. The van der Waals surface area contributed by atoms with E-state index >= 15 is 0 Å². The lowest BCUT2D eigenvalue weighted by Crippen LogP contribution is -2.24. The van der Waals surface area contributed by atoms with Gasteiger partial charge in [-0.15, -0.1) is 0 Å². The summed E-state index contributed by atoms with van der Waals surface area (Å²) in [6.45, 7) is 4.79. The first kappa shape index (κ1) is 17.2. The summed E-state index contributed by atoms with van der Waals surface area (Å²) in [5.41, 5.74) is 2.51. The zero-order chi connectivity index (χ0) is 15.5. The van der Waals surface area contributed by atoms with Crippen molar-refractivity contribution in [2.75, 3.05) is 13.2 Å². The van der Waals surface area contributed by atoms with Crippen LogP contribution < -0.4 is 5.32 Å². The number of carbonyl (C=O) groups excluding carboxylic acids is 2. The number of benzene rings is 1. The van der Waals surface area contributed by atoms with Crippen LogP contribution in [0.3, 0.4) is 0 Å². The summed E-state index contributed by atoms with van der Waals surface area (Å²) in [7, 11) is 0. The minimum absolute atomic E-state index is 0.0472. The van der Waals surface area contributed by atoms with Crippen LogP contribution in [-0.4, -0.2) is 25.0 Å². The molecular formula is C17H25NO3. The predicted molar refractivity (Wildman–Crippen MR) is 83.0 cm³/mol. The molecule has 116 valence electrons. The second-order valence-electron chi connectivity index (χ2n) is 5.10. The highest BCUT2D eigenvalue weighted by Gasteiger charge is 2.04. The Morgan fingerprint density at radius 3 is 2.48 bits per heavy atom. The molecule has 0 atom stereocenters. The van der Waals surface area contributed by atoms with Crippen molar-refractivity contribution in [3.63, 3.8) is 0 Å². The molecule has 21 heavy (non-hydrogen) atoms. The van der Waals surface area contributed by atoms with Crippen LogP contribution in [0.5, 0.6) is 0 Å². The maximum atomic E-state index is 11.6. The molecule has 4 nitrogen and oxygen atoms in total. The molecule has 0 fully saturated rings. The largest absolute Gasteiger partial charge is 0.466 e. The Hall–Kier alpha value is -1.84. The second kappa shape index (κ2) is 9.97. The first-order valence-electron chi connectivity index (χ1n) is 7.59. The van der Waals surface area contributed by atoms with Crippen molar-refractivity contribution in [2.45, 2.75) is 46.0 Å². The molecule has 0 unspecified atom stereocenters. The fraction of sp³-hybridized carbons (Fsp3) is 0.529. The second-order valence-corrected chi connectivity index (χ2v) is 5.10. The van der Waals surface area contributed by atoms with Gasteiger partial charge in [0.05, 0.1) is 6.61 Å². The third kappa shape index (κ3) is 8.12. The van der Waals surface area contributed by atoms with Crippen molar-refractivity contribution in [1.29, 1.82) is 0 Å². The summed E-state index contributed by atoms with van der Waals surface area (Å²) in [4.78, 5) is 22.7. The lowest BCUT2D eigenvalue weighted by molar-refractivity contribution is -0.143. The van der Waals surface area contributed by atoms with E-state index in [0.717, 1.165) is 12.8 Å². The SMILES string of the molecule is CCOC(=O)CCCNC(=O)CCCc1ccc(C)cc1. The summed E-state index contributed by atoms with van der Waals surface area (Å²) in [5.74, 6) is -0.155. The van der Waals surface area contributed by atoms with E-state index in [2.05, 4.69) is 36.5 Å². The van der Waals surface area contributed by atoms with Gasteiger partial charge in [-0.25, -0.2) is 0 Å². The summed E-state index contributed by atoms with van der Waals surface area (Å²) in [6.07, 6.45) is 3.26. The van der Waals surface area contributed by atoms with Crippen LogP contribution in [0.1, 0.15) is 43.7 Å². The molecule has 1 amide bonds. The maximum absolute atomic E-state index is 11.6. The number of hydrogen-bond acceptors (Lipinski definition) is 3. The molecule has 1 rings (SSSR count). The van der Waals surface area contributed by atoms with Gasteiger partial charge < -0.3 is 10.1 Å². The molecule has 1 aromatic rings. The molecule has 0 aliphatic rings. The van der Waals surface area contributed by atoms with Crippen molar-refractivity contribution in [3.05, 3.63) is 35.4 Å². The van der Waals surface area contributed by atoms with E-state index in [1.165, 1.54) is 11.1 Å². The number of rotatable bonds is 9. The fourth-order valence-corrected chi connectivity index (χ4v) is 1.99. The Balaban J connectivity index is 2.06. The first-order chi connectivity index (χ1) is 10.1. The molecule has 0 spiro atoms. The smallest absolute Gasteiger partial charge is 0.305 e. The minimum Gasteiger partial charge on any atom is -0.466 e. The van der Waals surface area contributed by atoms with Gasteiger partial charge in [-0.05, 0) is 38.7 Å². The van der Waals surface area contributed by atoms with Gasteiger partial charge in [0.25, 0.3) is 0 Å². The number of hydrogen-bond donors (Lipinski definition) is 1. The average molecular weight is 291 g/mol. The van der Waals surface area contributed by atoms with Crippen molar-refractivity contribution in [2.24, 2.45) is 0 Å². The molecular weight excluding hydrogens is 266 g/mol. The van der Waals surface area contributed by atoms with E-state index in [0.29, 0.717) is 32.4 Å². The third-order valence-corrected chi connectivity index (χ3v) is 3.18. The fourth-order valence-electron chi connectivity index (χ4n) is 1.99. The van der Waals surface area contributed by atoms with Crippen molar-refractivity contribution in [3.8, 4) is 0 Å². The standard InChI is InChI=1S/C17H25NO3/c1-3-21-17(20)8-5-13-18-16(19)7-4-6-15-11-9-14(2)10-12-15/h9-12H,3-8,13H2,1-2H3,(H,18,19). The molecule has 0 heterocycles. The lowest BCUT2D eigenvalue weighted by Gasteiger charge is -2.05. The monoisotopic (exact) mass is 291 g/mol. The molecule has 0 aliphatic carbocycles. The number of esters is 1. The Kier molecular flexibility index (Phi) is 8.17. The van der Waals surface area contributed by atoms with Crippen LogP contribution in [0.25, 0.3) is 0 Å². The number of ether oxygens (including phenoxy) is 1. The average Bonchev–Trinajstić information content (AvgIpc) is 2.46. The molecule has 0 saturated heterocycles. The van der Waals surface area contributed by atoms with Crippen LogP contribution in [0.4, 0.5) is 0 Å². The van der Waals surface area contributed by atoms with Gasteiger partial charge in [0, 0.05) is 19.4 Å². The van der Waals surface area contributed by atoms with Gasteiger partial charge in [-0.1, -0.05) is 29.8 Å². The summed E-state index contributed by atoms with van der Waals surface area (Å²) >= 11 is 0. The van der Waals surface area contributed by atoms with Crippen molar-refractivity contribution < 1.29 is 14.3 Å². The Morgan fingerprint density at radius 1 is 1.10 bits per heavy atom. The van der Waals surface area contributed by atoms with Gasteiger partial charge >= 0.3 is 5.97 Å². The Morgan fingerprint density at radius 2 is 1.81 bits per heavy atom. The highest BCUT2D eigenvalue weighted by atomic mass is 16.5. The van der Waals surface area contributed by atoms with Crippen LogP contribution in [0.15, 0.2) is 24.3 Å². The molecule has 0 aliphatic heterocycles. The van der Waals surface area contributed by atoms with E-state index in [9.17, 15) is 9.59 Å². The van der Waals surface area contributed by atoms with E-state index in [1.54, 1.807) is 6.92 Å². The Labute approximate surface area is 126 Å². The molecule has 0 saturated carbocycles. The van der Waals surface area contributed by atoms with E-state index < -0.39 is 0 Å². The third-order valence-electron chi connectivity index (χ3n) is 3.18. The van der Waals surface area contributed by atoms with Gasteiger partial charge in [-0.3, -0.25) is 9.59 Å². The van der Waals surface area contributed by atoms with Gasteiger partial charge in [0.2, 0.25) is 5.91 Å². The number of amides is 1. The molecule has 0 radical (unpaired) electrons. The number of carbonyl (C=O) groups is 2. The van der Waals surface area contributed by atoms with Crippen molar-refractivity contribution >= 4 is 11.9 Å². The molecule has 1 N–H and O–H groups in total. The van der Waals surface area contributed by atoms with Crippen LogP contribution >= 0.6 is 0 Å². The van der Waals surface area contributed by atoms with Gasteiger partial charge in [0.15, 0.2) is 0 Å². The van der Waals surface area contributed by atoms with Crippen LogP contribution in [0, 0.1) is 6.92 Å². The van der Waals surface area contributed by atoms with E-state index in [1.807, 2.05) is 0 Å². The topological polar surface area (TPSA) is 55.4 Å². The maximum Gasteiger partial charge on any atom is 0.305 e. The minimum atomic E-state index is -0.203. The zero-order valence-corrected chi connectivity index (χ0v) is 13.0. The van der Waals surface area contributed by atoms with Crippen molar-refractivity contribution in [1.82, 2.24) is 5.32 Å². The molecule has 4 heteroatoms. The molecule has 0 aromatic heterocycles. The number of nitrogens with one attached hydrogen (secondary N) is 1. The van der Waals surface area contributed by atoms with Crippen LogP contribution in [0.2, 0.25) is 0 Å². The first-order valence-corrected chi connectivity index (χ1v) is 7.59. The predicted octanol–water partition coefficient (Wildman–Crippen LogP) is 2.78. The zero-order valence-electron chi connectivity index (χ0n) is 13.0. The number of aryl methyl sites for hydroxylation is 2. The summed E-state index contributed by atoms with van der Waals surface area (Å²) < 4.78 is 4.82. The summed E-state index contributed by atoms with van der Waals surface area (Å²) in [6, 6.07) is 8.38. The Bertz CT molecular complexity index is 440. The van der Waals surface area contributed by atoms with E-state index in [4.69, 9.17) is 4.74 Å². The molecule has 0 bridgehead atoms. The lowest BCUT2D eigenvalue weighted by atomic mass is 10.1. The highest BCUT2D eigenvalue weighted by Crippen LogP contribution is 2.07. The molecule has 1 aromatic carbocycles.